The minimum absolute atomic E-state index is 0.0481. The Balaban J connectivity index is 4.31. The highest BCUT2D eigenvalue weighted by Gasteiger charge is 2.23. The third kappa shape index (κ3) is 5.70. The first-order chi connectivity index (χ1) is 7.38. The van der Waals surface area contributed by atoms with Gasteiger partial charge in [0.05, 0.1) is 13.0 Å². The van der Waals surface area contributed by atoms with Gasteiger partial charge in [-0.15, -0.1) is 0 Å². The van der Waals surface area contributed by atoms with Crippen LogP contribution in [0, 0.1) is 17.8 Å². The second-order valence-corrected chi connectivity index (χ2v) is 4.47. The van der Waals surface area contributed by atoms with Gasteiger partial charge in [-0.05, 0) is 17.8 Å². The van der Waals surface area contributed by atoms with Gasteiger partial charge in [-0.3, -0.25) is 9.59 Å². The number of aliphatic carboxylic acids is 1. The molecule has 94 valence electrons. The van der Waals surface area contributed by atoms with Crippen molar-refractivity contribution >= 4 is 11.9 Å². The van der Waals surface area contributed by atoms with Gasteiger partial charge in [-0.2, -0.15) is 0 Å². The lowest BCUT2D eigenvalue weighted by molar-refractivity contribution is -0.139. The van der Waals surface area contributed by atoms with Crippen LogP contribution in [0.25, 0.3) is 0 Å². The van der Waals surface area contributed by atoms with E-state index in [-0.39, 0.29) is 30.7 Å². The molecule has 0 aliphatic heterocycles. The van der Waals surface area contributed by atoms with Gasteiger partial charge in [0.2, 0.25) is 5.91 Å². The normalized spacial score (nSPS) is 14.6. The molecule has 2 atom stereocenters. The van der Waals surface area contributed by atoms with Crippen LogP contribution in [0.5, 0.6) is 0 Å². The summed E-state index contributed by atoms with van der Waals surface area (Å²) < 4.78 is 0. The first-order valence-electron chi connectivity index (χ1n) is 5.57. The molecule has 0 saturated carbocycles. The largest absolute Gasteiger partial charge is 0.481 e. The molecule has 0 rings (SSSR count). The van der Waals surface area contributed by atoms with Gasteiger partial charge < -0.3 is 16.2 Å². The Morgan fingerprint density at radius 1 is 1.31 bits per heavy atom. The minimum Gasteiger partial charge on any atom is -0.481 e. The Hall–Kier alpha value is -1.10. The number of carbonyl (C=O) groups is 2. The van der Waals surface area contributed by atoms with Crippen LogP contribution in [0.3, 0.4) is 0 Å². The fourth-order valence-electron chi connectivity index (χ4n) is 1.53. The van der Waals surface area contributed by atoms with Crippen LogP contribution < -0.4 is 11.1 Å². The molecule has 5 nitrogen and oxygen atoms in total. The molecule has 0 heterocycles. The summed E-state index contributed by atoms with van der Waals surface area (Å²) in [6, 6.07) is 0. The summed E-state index contributed by atoms with van der Waals surface area (Å²) >= 11 is 0. The molecule has 5 heteroatoms. The number of rotatable bonds is 7. The van der Waals surface area contributed by atoms with E-state index < -0.39 is 5.97 Å². The first kappa shape index (κ1) is 14.9. The Morgan fingerprint density at radius 3 is 2.25 bits per heavy atom. The summed E-state index contributed by atoms with van der Waals surface area (Å²) in [6.45, 7) is 6.42. The van der Waals surface area contributed by atoms with Crippen LogP contribution >= 0.6 is 0 Å². The average Bonchev–Trinajstić information content (AvgIpc) is 2.21. The van der Waals surface area contributed by atoms with Gasteiger partial charge >= 0.3 is 5.97 Å². The summed E-state index contributed by atoms with van der Waals surface area (Å²) in [5.74, 6) is -0.493. The Labute approximate surface area is 96.4 Å². The van der Waals surface area contributed by atoms with Crippen molar-refractivity contribution in [1.29, 1.82) is 0 Å². The van der Waals surface area contributed by atoms with Crippen molar-refractivity contribution in [2.24, 2.45) is 23.5 Å². The van der Waals surface area contributed by atoms with E-state index in [0.29, 0.717) is 12.5 Å². The Bertz CT molecular complexity index is 241. The number of carboxylic acids is 1. The van der Waals surface area contributed by atoms with E-state index in [2.05, 4.69) is 5.32 Å². The highest BCUT2D eigenvalue weighted by Crippen LogP contribution is 2.22. The molecule has 0 spiro atoms. The fourth-order valence-corrected chi connectivity index (χ4v) is 1.53. The van der Waals surface area contributed by atoms with Crippen molar-refractivity contribution < 1.29 is 14.7 Å². The topological polar surface area (TPSA) is 92.4 Å². The molecule has 1 amide bonds. The van der Waals surface area contributed by atoms with Gasteiger partial charge in [0.1, 0.15) is 0 Å². The van der Waals surface area contributed by atoms with E-state index in [1.807, 2.05) is 20.8 Å². The van der Waals surface area contributed by atoms with E-state index in [9.17, 15) is 9.59 Å². The number of hydrogen-bond acceptors (Lipinski definition) is 3. The lowest BCUT2D eigenvalue weighted by Crippen LogP contribution is -2.37. The van der Waals surface area contributed by atoms with Gasteiger partial charge in [0.15, 0.2) is 0 Å². The number of nitrogens with two attached hydrogens (primary N) is 1. The van der Waals surface area contributed by atoms with E-state index in [1.54, 1.807) is 0 Å². The molecular weight excluding hydrogens is 208 g/mol. The van der Waals surface area contributed by atoms with Crippen molar-refractivity contribution in [1.82, 2.24) is 5.32 Å². The molecule has 0 aromatic rings. The van der Waals surface area contributed by atoms with Gasteiger partial charge in [-0.25, -0.2) is 0 Å². The van der Waals surface area contributed by atoms with Crippen molar-refractivity contribution in [2.75, 3.05) is 13.1 Å². The number of amides is 1. The molecule has 0 saturated heterocycles. The molecule has 0 aromatic carbocycles. The quantitative estimate of drug-likeness (QED) is 0.592. The van der Waals surface area contributed by atoms with Crippen molar-refractivity contribution in [3.8, 4) is 0 Å². The van der Waals surface area contributed by atoms with Gasteiger partial charge in [-0.1, -0.05) is 20.8 Å². The molecule has 0 aliphatic carbocycles. The van der Waals surface area contributed by atoms with Crippen molar-refractivity contribution in [3.05, 3.63) is 0 Å². The highest BCUT2D eigenvalue weighted by atomic mass is 16.4. The monoisotopic (exact) mass is 230 g/mol. The first-order valence-corrected chi connectivity index (χ1v) is 5.57. The standard InChI is InChI=1S/C11H22N2O3/c1-7(2)8(3)9(4-11(15)16)6-13-10(14)5-12/h7-9H,4-6,12H2,1-3H3,(H,13,14)(H,15,16). The third-order valence-electron chi connectivity index (χ3n) is 2.98. The zero-order chi connectivity index (χ0) is 12.7. The zero-order valence-corrected chi connectivity index (χ0v) is 10.2. The smallest absolute Gasteiger partial charge is 0.303 e. The number of carboxylic acid groups (broad SMARTS) is 1. The molecule has 0 bridgehead atoms. The molecule has 2 unspecified atom stereocenters. The number of carbonyl (C=O) groups excluding carboxylic acids is 1. The van der Waals surface area contributed by atoms with E-state index in [1.165, 1.54) is 0 Å². The van der Waals surface area contributed by atoms with E-state index >= 15 is 0 Å². The predicted molar refractivity (Wildman–Crippen MR) is 61.8 cm³/mol. The van der Waals surface area contributed by atoms with Gasteiger partial charge in [0, 0.05) is 6.54 Å². The Kier molecular flexibility index (Phi) is 6.72. The van der Waals surface area contributed by atoms with Gasteiger partial charge in [0.25, 0.3) is 0 Å². The molecule has 0 radical (unpaired) electrons. The summed E-state index contributed by atoms with van der Waals surface area (Å²) in [4.78, 5) is 21.7. The van der Waals surface area contributed by atoms with Crippen LogP contribution in [-0.2, 0) is 9.59 Å². The molecule has 0 aromatic heterocycles. The fraction of sp³-hybridized carbons (Fsp3) is 0.818. The van der Waals surface area contributed by atoms with E-state index in [4.69, 9.17) is 10.8 Å². The minimum atomic E-state index is -0.834. The summed E-state index contributed by atoms with van der Waals surface area (Å²) in [7, 11) is 0. The lowest BCUT2D eigenvalue weighted by Gasteiger charge is -2.25. The van der Waals surface area contributed by atoms with Crippen LogP contribution in [0.2, 0.25) is 0 Å². The maximum absolute atomic E-state index is 11.0. The van der Waals surface area contributed by atoms with E-state index in [0.717, 1.165) is 0 Å². The molecule has 16 heavy (non-hydrogen) atoms. The second-order valence-electron chi connectivity index (χ2n) is 4.47. The number of nitrogens with one attached hydrogen (secondary N) is 1. The summed E-state index contributed by atoms with van der Waals surface area (Å²) in [6.07, 6.45) is 0.0736. The van der Waals surface area contributed by atoms with Crippen LogP contribution in [0.4, 0.5) is 0 Å². The highest BCUT2D eigenvalue weighted by molar-refractivity contribution is 5.77. The maximum Gasteiger partial charge on any atom is 0.303 e. The molecule has 0 aliphatic rings. The second kappa shape index (κ2) is 7.22. The number of hydrogen-bond donors (Lipinski definition) is 3. The average molecular weight is 230 g/mol. The van der Waals surface area contributed by atoms with Crippen molar-refractivity contribution in [2.45, 2.75) is 27.2 Å². The summed E-state index contributed by atoms with van der Waals surface area (Å²) in [5.41, 5.74) is 5.17. The molecule has 4 N–H and O–H groups in total. The Morgan fingerprint density at radius 2 is 1.88 bits per heavy atom. The van der Waals surface area contributed by atoms with Crippen molar-refractivity contribution in [3.63, 3.8) is 0 Å². The third-order valence-corrected chi connectivity index (χ3v) is 2.98. The molecular formula is C11H22N2O3. The zero-order valence-electron chi connectivity index (χ0n) is 10.2. The maximum atomic E-state index is 11.0. The van der Waals surface area contributed by atoms with Crippen LogP contribution in [0.1, 0.15) is 27.2 Å². The van der Waals surface area contributed by atoms with Crippen LogP contribution in [-0.4, -0.2) is 30.1 Å². The lowest BCUT2D eigenvalue weighted by atomic mass is 9.83. The molecule has 0 fully saturated rings. The SMILES string of the molecule is CC(C)C(C)C(CNC(=O)CN)CC(=O)O. The summed E-state index contributed by atoms with van der Waals surface area (Å²) in [5, 5.41) is 11.4. The predicted octanol–water partition coefficient (Wildman–Crippen LogP) is 0.444. The van der Waals surface area contributed by atoms with Crippen LogP contribution in [0.15, 0.2) is 0 Å².